The number of benzene rings is 1. The molecule has 27 heavy (non-hydrogen) atoms. The molecular formula is C21H28N2O4. The van der Waals surface area contributed by atoms with E-state index in [9.17, 15) is 9.59 Å². The number of hydrogen-bond acceptors (Lipinski definition) is 4. The number of aryl methyl sites for hydroxylation is 1. The van der Waals surface area contributed by atoms with E-state index in [2.05, 4.69) is 5.32 Å². The maximum Gasteiger partial charge on any atom is 0.340 e. The molecular weight excluding hydrogens is 344 g/mol. The van der Waals surface area contributed by atoms with Gasteiger partial charge in [0.2, 0.25) is 0 Å². The number of rotatable bonds is 7. The maximum absolute atomic E-state index is 12.5. The molecule has 0 bridgehead atoms. The molecule has 0 unspecified atom stereocenters. The second-order valence-corrected chi connectivity index (χ2v) is 7.18. The first-order valence-electron chi connectivity index (χ1n) is 9.00. The zero-order valence-corrected chi connectivity index (χ0v) is 16.9. The summed E-state index contributed by atoms with van der Waals surface area (Å²) in [5.41, 5.74) is 2.71. The number of aromatic nitrogens is 1. The zero-order chi connectivity index (χ0) is 20.2. The molecule has 1 aromatic carbocycles. The molecule has 0 aliphatic carbocycles. The van der Waals surface area contributed by atoms with Crippen molar-refractivity contribution in [3.8, 4) is 11.4 Å². The summed E-state index contributed by atoms with van der Waals surface area (Å²) in [5.74, 6) is -0.0478. The highest BCUT2D eigenvalue weighted by Crippen LogP contribution is 2.23. The van der Waals surface area contributed by atoms with Gasteiger partial charge in [-0.2, -0.15) is 0 Å². The van der Waals surface area contributed by atoms with Gasteiger partial charge in [-0.15, -0.1) is 0 Å². The smallest absolute Gasteiger partial charge is 0.340 e. The van der Waals surface area contributed by atoms with Crippen LogP contribution in [-0.4, -0.2) is 35.7 Å². The minimum absolute atomic E-state index is 0.297. The number of hydrogen-bond donors (Lipinski definition) is 1. The highest BCUT2D eigenvalue weighted by molar-refractivity contribution is 5.93. The Hall–Kier alpha value is -2.76. The highest BCUT2D eigenvalue weighted by atomic mass is 16.5. The largest absolute Gasteiger partial charge is 0.497 e. The van der Waals surface area contributed by atoms with Crippen molar-refractivity contribution in [2.75, 3.05) is 13.7 Å². The lowest BCUT2D eigenvalue weighted by molar-refractivity contribution is -0.125. The molecule has 6 nitrogen and oxygen atoms in total. The van der Waals surface area contributed by atoms with Crippen LogP contribution in [0.1, 0.15) is 48.9 Å². The molecule has 6 heteroatoms. The van der Waals surface area contributed by atoms with Gasteiger partial charge in [0.1, 0.15) is 5.75 Å². The molecule has 1 heterocycles. The fourth-order valence-electron chi connectivity index (χ4n) is 2.81. The van der Waals surface area contributed by atoms with E-state index in [0.29, 0.717) is 5.56 Å². The Balaban J connectivity index is 2.12. The summed E-state index contributed by atoms with van der Waals surface area (Å²) >= 11 is 0. The molecule has 0 saturated heterocycles. The molecule has 1 N–H and O–H groups in total. The number of carbonyl (C=O) groups excluding carboxylic acids is 2. The number of carbonyl (C=O) groups is 2. The Labute approximate surface area is 160 Å². The van der Waals surface area contributed by atoms with Crippen molar-refractivity contribution in [3.63, 3.8) is 0 Å². The van der Waals surface area contributed by atoms with Crippen molar-refractivity contribution >= 4 is 11.9 Å². The second-order valence-electron chi connectivity index (χ2n) is 7.18. The summed E-state index contributed by atoms with van der Waals surface area (Å²) in [6.45, 7) is 9.32. The van der Waals surface area contributed by atoms with E-state index in [1.54, 1.807) is 13.2 Å². The number of esters is 1. The molecule has 0 radical (unpaired) electrons. The predicted octanol–water partition coefficient (Wildman–Crippen LogP) is 3.56. The Morgan fingerprint density at radius 1 is 1.15 bits per heavy atom. The van der Waals surface area contributed by atoms with Crippen molar-refractivity contribution in [1.82, 2.24) is 9.88 Å². The Morgan fingerprint density at radius 2 is 1.78 bits per heavy atom. The first kappa shape index (κ1) is 20.6. The molecule has 2 rings (SSSR count). The summed E-state index contributed by atoms with van der Waals surface area (Å²) in [6.07, 6.45) is 0.787. The molecule has 0 fully saturated rings. The van der Waals surface area contributed by atoms with Crippen molar-refractivity contribution < 1.29 is 19.1 Å². The lowest BCUT2D eigenvalue weighted by Crippen LogP contribution is -2.44. The molecule has 0 atom stereocenters. The molecule has 0 saturated carbocycles. The summed E-state index contributed by atoms with van der Waals surface area (Å²) < 4.78 is 12.4. The fraction of sp³-hybridized carbons (Fsp3) is 0.429. The molecule has 2 aromatic rings. The minimum Gasteiger partial charge on any atom is -0.497 e. The van der Waals surface area contributed by atoms with Gasteiger partial charge in [0.05, 0.1) is 12.7 Å². The summed E-state index contributed by atoms with van der Waals surface area (Å²) in [7, 11) is 1.62. The molecule has 0 aliphatic heterocycles. The average Bonchev–Trinajstić information content (AvgIpc) is 2.94. The van der Waals surface area contributed by atoms with Gasteiger partial charge in [0, 0.05) is 22.6 Å². The third kappa shape index (κ3) is 4.90. The van der Waals surface area contributed by atoms with E-state index in [1.807, 2.05) is 63.5 Å². The molecule has 1 amide bonds. The monoisotopic (exact) mass is 372 g/mol. The van der Waals surface area contributed by atoms with Crippen LogP contribution in [0, 0.1) is 13.8 Å². The molecule has 1 aromatic heterocycles. The van der Waals surface area contributed by atoms with Crippen LogP contribution in [-0.2, 0) is 9.53 Å². The minimum atomic E-state index is -0.507. The summed E-state index contributed by atoms with van der Waals surface area (Å²) in [6, 6.07) is 9.36. The van der Waals surface area contributed by atoms with Crippen LogP contribution < -0.4 is 10.1 Å². The SMILES string of the molecule is CCC(C)(C)NC(=O)COC(=O)c1cc(C)n(-c2ccc(OC)cc2)c1C. The van der Waals surface area contributed by atoms with E-state index in [4.69, 9.17) is 9.47 Å². The van der Waals surface area contributed by atoms with Gasteiger partial charge in [-0.25, -0.2) is 4.79 Å². The van der Waals surface area contributed by atoms with Crippen LogP contribution >= 0.6 is 0 Å². The Morgan fingerprint density at radius 3 is 2.33 bits per heavy atom. The van der Waals surface area contributed by atoms with Crippen molar-refractivity contribution in [2.24, 2.45) is 0 Å². The predicted molar refractivity (Wildman–Crippen MR) is 105 cm³/mol. The number of methoxy groups -OCH3 is 1. The molecule has 0 spiro atoms. The van der Waals surface area contributed by atoms with Gasteiger partial charge in [0.15, 0.2) is 6.61 Å². The van der Waals surface area contributed by atoms with Crippen LogP contribution in [0.4, 0.5) is 0 Å². The maximum atomic E-state index is 12.5. The topological polar surface area (TPSA) is 69.6 Å². The quantitative estimate of drug-likeness (QED) is 0.755. The van der Waals surface area contributed by atoms with Crippen molar-refractivity contribution in [2.45, 2.75) is 46.6 Å². The van der Waals surface area contributed by atoms with Crippen molar-refractivity contribution in [3.05, 3.63) is 47.3 Å². The van der Waals surface area contributed by atoms with E-state index >= 15 is 0 Å². The fourth-order valence-corrected chi connectivity index (χ4v) is 2.81. The third-order valence-electron chi connectivity index (χ3n) is 4.68. The van der Waals surface area contributed by atoms with Crippen LogP contribution in [0.3, 0.4) is 0 Å². The zero-order valence-electron chi connectivity index (χ0n) is 16.9. The normalized spacial score (nSPS) is 11.2. The summed E-state index contributed by atoms with van der Waals surface area (Å²) in [5, 5.41) is 2.85. The van der Waals surface area contributed by atoms with Gasteiger partial charge < -0.3 is 19.4 Å². The van der Waals surface area contributed by atoms with Gasteiger partial charge in [-0.3, -0.25) is 4.79 Å². The van der Waals surface area contributed by atoms with E-state index in [0.717, 1.165) is 29.2 Å². The highest BCUT2D eigenvalue weighted by Gasteiger charge is 2.21. The molecule has 0 aliphatic rings. The third-order valence-corrected chi connectivity index (χ3v) is 4.68. The number of amides is 1. The number of nitrogens with one attached hydrogen (secondary N) is 1. The van der Waals surface area contributed by atoms with Crippen LogP contribution in [0.25, 0.3) is 5.69 Å². The van der Waals surface area contributed by atoms with E-state index < -0.39 is 5.97 Å². The number of ether oxygens (including phenoxy) is 2. The average molecular weight is 372 g/mol. The summed E-state index contributed by atoms with van der Waals surface area (Å²) in [4.78, 5) is 24.5. The molecule has 146 valence electrons. The van der Waals surface area contributed by atoms with Gasteiger partial charge >= 0.3 is 5.97 Å². The van der Waals surface area contributed by atoms with E-state index in [-0.39, 0.29) is 18.1 Å². The first-order chi connectivity index (χ1) is 12.7. The Bertz CT molecular complexity index is 819. The first-order valence-corrected chi connectivity index (χ1v) is 9.00. The van der Waals surface area contributed by atoms with Crippen LogP contribution in [0.15, 0.2) is 30.3 Å². The van der Waals surface area contributed by atoms with Crippen LogP contribution in [0.5, 0.6) is 5.75 Å². The lowest BCUT2D eigenvalue weighted by atomic mass is 10.0. The van der Waals surface area contributed by atoms with Crippen LogP contribution in [0.2, 0.25) is 0 Å². The standard InChI is InChI=1S/C21H28N2O4/c1-7-21(4,5)22-19(24)13-27-20(25)18-12-14(2)23(15(18)3)16-8-10-17(26-6)11-9-16/h8-12H,7,13H2,1-6H3,(H,22,24). The van der Waals surface area contributed by atoms with E-state index in [1.165, 1.54) is 0 Å². The Kier molecular flexibility index (Phi) is 6.31. The van der Waals surface area contributed by atoms with Crippen molar-refractivity contribution in [1.29, 1.82) is 0 Å². The second kappa shape index (κ2) is 8.29. The van der Waals surface area contributed by atoms with Gasteiger partial charge in [0.25, 0.3) is 5.91 Å². The number of nitrogens with zero attached hydrogens (tertiary/aromatic N) is 1. The van der Waals surface area contributed by atoms with Gasteiger partial charge in [-0.05, 0) is 64.4 Å². The lowest BCUT2D eigenvalue weighted by Gasteiger charge is -2.24. The van der Waals surface area contributed by atoms with Gasteiger partial charge in [-0.1, -0.05) is 6.92 Å².